The summed E-state index contributed by atoms with van der Waals surface area (Å²) < 4.78 is 10.4. The molecule has 116 valence electrons. The quantitative estimate of drug-likeness (QED) is 0.814. The van der Waals surface area contributed by atoms with Crippen molar-refractivity contribution in [2.75, 3.05) is 46.4 Å². The zero-order valence-electron chi connectivity index (χ0n) is 12.7. The molecule has 0 radical (unpaired) electrons. The molecule has 21 heavy (non-hydrogen) atoms. The number of piperazine rings is 1. The summed E-state index contributed by atoms with van der Waals surface area (Å²) in [5.74, 6) is 1.15. The van der Waals surface area contributed by atoms with Crippen LogP contribution in [0.4, 0.5) is 0 Å². The maximum absolute atomic E-state index is 11.6. The lowest BCUT2D eigenvalue weighted by Crippen LogP contribution is -2.61. The second-order valence-electron chi connectivity index (χ2n) is 5.80. The molecule has 0 aromatic carbocycles. The Morgan fingerprint density at radius 3 is 2.67 bits per heavy atom. The summed E-state index contributed by atoms with van der Waals surface area (Å²) in [5.41, 5.74) is 0.534. The number of furan rings is 1. The molecule has 1 aromatic rings. The van der Waals surface area contributed by atoms with Gasteiger partial charge in [-0.05, 0) is 13.0 Å². The Bertz CT molecular complexity index is 502. The molecule has 6 heteroatoms. The highest BCUT2D eigenvalue weighted by molar-refractivity contribution is 5.90. The molecule has 1 N–H and O–H groups in total. The minimum absolute atomic E-state index is 0.329. The lowest BCUT2D eigenvalue weighted by molar-refractivity contribution is 0.0599. The van der Waals surface area contributed by atoms with Crippen molar-refractivity contribution in [3.63, 3.8) is 0 Å². The van der Waals surface area contributed by atoms with Crippen molar-refractivity contribution in [3.05, 3.63) is 23.2 Å². The van der Waals surface area contributed by atoms with Gasteiger partial charge in [-0.1, -0.05) is 0 Å². The first-order valence-corrected chi connectivity index (χ1v) is 7.52. The summed E-state index contributed by atoms with van der Waals surface area (Å²) in [5, 5.41) is 3.32. The number of rotatable bonds is 4. The molecule has 0 spiro atoms. The van der Waals surface area contributed by atoms with E-state index in [4.69, 9.17) is 9.15 Å². The molecular weight excluding hydrogens is 270 g/mol. The van der Waals surface area contributed by atoms with Crippen LogP contribution < -0.4 is 5.32 Å². The number of methoxy groups -OCH3 is 1. The van der Waals surface area contributed by atoms with Gasteiger partial charge in [-0.3, -0.25) is 9.80 Å². The molecule has 0 unspecified atom stereocenters. The Morgan fingerprint density at radius 2 is 2.10 bits per heavy atom. The van der Waals surface area contributed by atoms with Crippen molar-refractivity contribution in [1.29, 1.82) is 0 Å². The van der Waals surface area contributed by atoms with Gasteiger partial charge in [0.1, 0.15) is 17.1 Å². The molecule has 3 rings (SSSR count). The molecule has 6 nitrogen and oxygen atoms in total. The van der Waals surface area contributed by atoms with Crippen LogP contribution in [0.25, 0.3) is 0 Å². The molecule has 3 heterocycles. The number of aryl methyl sites for hydroxylation is 1. The van der Waals surface area contributed by atoms with Crippen LogP contribution in [-0.2, 0) is 11.3 Å². The predicted molar refractivity (Wildman–Crippen MR) is 78.3 cm³/mol. The Morgan fingerprint density at radius 1 is 1.38 bits per heavy atom. The van der Waals surface area contributed by atoms with E-state index >= 15 is 0 Å². The van der Waals surface area contributed by atoms with Crippen LogP contribution in [0.2, 0.25) is 0 Å². The first-order chi connectivity index (χ1) is 10.2. The SMILES string of the molecule is COC(=O)c1cc(CN2CCN(C3CNC3)CC2)oc1C. The monoisotopic (exact) mass is 293 g/mol. The largest absolute Gasteiger partial charge is 0.465 e. The number of hydrogen-bond acceptors (Lipinski definition) is 6. The number of esters is 1. The second kappa shape index (κ2) is 6.17. The van der Waals surface area contributed by atoms with E-state index in [9.17, 15) is 4.79 Å². The van der Waals surface area contributed by atoms with Crippen LogP contribution >= 0.6 is 0 Å². The van der Waals surface area contributed by atoms with Crippen molar-refractivity contribution in [2.45, 2.75) is 19.5 Å². The molecule has 2 fully saturated rings. The fourth-order valence-corrected chi connectivity index (χ4v) is 2.97. The number of nitrogens with one attached hydrogen (secondary N) is 1. The van der Waals surface area contributed by atoms with Gasteiger partial charge in [-0.2, -0.15) is 0 Å². The highest BCUT2D eigenvalue weighted by Crippen LogP contribution is 2.18. The first-order valence-electron chi connectivity index (χ1n) is 7.52. The third kappa shape index (κ3) is 3.12. The van der Waals surface area contributed by atoms with E-state index in [2.05, 4.69) is 15.1 Å². The summed E-state index contributed by atoms with van der Waals surface area (Å²) in [4.78, 5) is 16.5. The zero-order chi connectivity index (χ0) is 14.8. The van der Waals surface area contributed by atoms with Gasteiger partial charge in [-0.25, -0.2) is 4.79 Å². The van der Waals surface area contributed by atoms with Crippen LogP contribution in [0.15, 0.2) is 10.5 Å². The molecule has 0 bridgehead atoms. The second-order valence-corrected chi connectivity index (χ2v) is 5.80. The van der Waals surface area contributed by atoms with E-state index in [0.29, 0.717) is 11.3 Å². The number of ether oxygens (including phenoxy) is 1. The van der Waals surface area contributed by atoms with E-state index in [1.54, 1.807) is 6.92 Å². The van der Waals surface area contributed by atoms with Crippen LogP contribution in [0.1, 0.15) is 21.9 Å². The van der Waals surface area contributed by atoms with Crippen molar-refractivity contribution in [1.82, 2.24) is 15.1 Å². The maximum Gasteiger partial charge on any atom is 0.341 e. The van der Waals surface area contributed by atoms with Gasteiger partial charge in [0.25, 0.3) is 0 Å². The fourth-order valence-electron chi connectivity index (χ4n) is 2.97. The molecule has 0 amide bonds. The first kappa shape index (κ1) is 14.6. The van der Waals surface area contributed by atoms with E-state index in [1.165, 1.54) is 7.11 Å². The van der Waals surface area contributed by atoms with Gasteiger partial charge in [0.05, 0.1) is 13.7 Å². The molecule has 2 saturated heterocycles. The average molecular weight is 293 g/mol. The molecule has 2 aliphatic heterocycles. The third-order valence-electron chi connectivity index (χ3n) is 4.44. The molecule has 2 aliphatic rings. The smallest absolute Gasteiger partial charge is 0.341 e. The Balaban J connectivity index is 1.54. The number of nitrogens with zero attached hydrogens (tertiary/aromatic N) is 2. The summed E-state index contributed by atoms with van der Waals surface area (Å²) in [6.07, 6.45) is 0. The predicted octanol–water partition coefficient (Wildman–Crippen LogP) is 0.464. The normalized spacial score (nSPS) is 21.2. The van der Waals surface area contributed by atoms with Gasteiger partial charge >= 0.3 is 5.97 Å². The molecule has 0 aliphatic carbocycles. The van der Waals surface area contributed by atoms with Crippen molar-refractivity contribution in [3.8, 4) is 0 Å². The van der Waals surface area contributed by atoms with Crippen molar-refractivity contribution >= 4 is 5.97 Å². The Kier molecular flexibility index (Phi) is 4.28. The minimum Gasteiger partial charge on any atom is -0.465 e. The number of carbonyl (C=O) groups excluding carboxylic acids is 1. The Hall–Kier alpha value is -1.37. The summed E-state index contributed by atoms with van der Waals surface area (Å²) in [6, 6.07) is 2.53. The summed E-state index contributed by atoms with van der Waals surface area (Å²) in [7, 11) is 1.39. The van der Waals surface area contributed by atoms with Crippen molar-refractivity contribution < 1.29 is 13.9 Å². The third-order valence-corrected chi connectivity index (χ3v) is 4.44. The van der Waals surface area contributed by atoms with Gasteiger partial charge in [0.2, 0.25) is 0 Å². The van der Waals surface area contributed by atoms with E-state index in [-0.39, 0.29) is 5.97 Å². The zero-order valence-corrected chi connectivity index (χ0v) is 12.7. The van der Waals surface area contributed by atoms with E-state index < -0.39 is 0 Å². The Labute approximate surface area is 125 Å². The van der Waals surface area contributed by atoms with Gasteiger partial charge in [0.15, 0.2) is 0 Å². The van der Waals surface area contributed by atoms with E-state index in [1.807, 2.05) is 6.07 Å². The average Bonchev–Trinajstić information content (AvgIpc) is 2.79. The summed E-state index contributed by atoms with van der Waals surface area (Å²) >= 11 is 0. The van der Waals surface area contributed by atoms with Gasteiger partial charge in [0, 0.05) is 45.3 Å². The van der Waals surface area contributed by atoms with Crippen LogP contribution in [0.5, 0.6) is 0 Å². The number of carbonyl (C=O) groups is 1. The number of hydrogen-bond donors (Lipinski definition) is 1. The maximum atomic E-state index is 11.6. The highest BCUT2D eigenvalue weighted by atomic mass is 16.5. The molecule has 0 atom stereocenters. The lowest BCUT2D eigenvalue weighted by Gasteiger charge is -2.43. The van der Waals surface area contributed by atoms with Gasteiger partial charge in [-0.15, -0.1) is 0 Å². The molecule has 0 saturated carbocycles. The summed E-state index contributed by atoms with van der Waals surface area (Å²) in [6.45, 7) is 9.12. The lowest BCUT2D eigenvalue weighted by atomic mass is 10.1. The standard InChI is InChI=1S/C15H23N3O3/c1-11-14(15(19)20-2)7-13(21-11)10-17-3-5-18(6-4-17)12-8-16-9-12/h7,12,16H,3-6,8-10H2,1-2H3. The van der Waals surface area contributed by atoms with E-state index in [0.717, 1.165) is 57.6 Å². The van der Waals surface area contributed by atoms with Crippen LogP contribution in [0.3, 0.4) is 0 Å². The fraction of sp³-hybridized carbons (Fsp3) is 0.667. The van der Waals surface area contributed by atoms with Crippen LogP contribution in [-0.4, -0.2) is 68.2 Å². The van der Waals surface area contributed by atoms with Crippen LogP contribution in [0, 0.1) is 6.92 Å². The van der Waals surface area contributed by atoms with Gasteiger partial charge < -0.3 is 14.5 Å². The topological polar surface area (TPSA) is 58.0 Å². The molecular formula is C15H23N3O3. The molecule has 1 aromatic heterocycles. The van der Waals surface area contributed by atoms with Crippen molar-refractivity contribution in [2.24, 2.45) is 0 Å². The minimum atomic E-state index is -0.329. The highest BCUT2D eigenvalue weighted by Gasteiger charge is 2.28.